The molecule has 0 spiro atoms. The summed E-state index contributed by atoms with van der Waals surface area (Å²) in [5.41, 5.74) is 1.07. The summed E-state index contributed by atoms with van der Waals surface area (Å²) < 4.78 is 7.53. The van der Waals surface area contributed by atoms with E-state index < -0.39 is 0 Å². The van der Waals surface area contributed by atoms with Crippen LogP contribution in [0.2, 0.25) is 0 Å². The van der Waals surface area contributed by atoms with E-state index in [1.165, 1.54) is 0 Å². The van der Waals surface area contributed by atoms with Crippen LogP contribution >= 0.6 is 0 Å². The molecular weight excluding hydrogens is 278 g/mol. The molecular formula is C16H29N5O. The number of aromatic nitrogens is 2. The first-order valence-corrected chi connectivity index (χ1v) is 7.91. The van der Waals surface area contributed by atoms with Crippen LogP contribution in [0.15, 0.2) is 17.3 Å². The first kappa shape index (κ1) is 16.8. The molecule has 0 amide bonds. The highest BCUT2D eigenvalue weighted by molar-refractivity contribution is 5.80. The number of nitrogens with one attached hydrogen (secondary N) is 2. The average molecular weight is 307 g/mol. The molecule has 1 aliphatic carbocycles. The number of ether oxygens (including phenoxy) is 1. The highest BCUT2D eigenvalue weighted by Crippen LogP contribution is 2.51. The Hall–Kier alpha value is -1.56. The van der Waals surface area contributed by atoms with Gasteiger partial charge in [-0.3, -0.25) is 4.68 Å². The van der Waals surface area contributed by atoms with Gasteiger partial charge in [-0.2, -0.15) is 5.10 Å². The highest BCUT2D eigenvalue weighted by Gasteiger charge is 2.58. The summed E-state index contributed by atoms with van der Waals surface area (Å²) in [7, 11) is 3.73. The van der Waals surface area contributed by atoms with Crippen LogP contribution in [0.5, 0.6) is 0 Å². The van der Waals surface area contributed by atoms with Crippen molar-refractivity contribution in [1.82, 2.24) is 20.4 Å². The Balaban J connectivity index is 2.02. The molecule has 1 aromatic heterocycles. The number of hydrogen-bond acceptors (Lipinski definition) is 3. The SMILES string of the molecule is CCNC(=NCc1ccnn1C)NC1CC(C)(OC)C1(C)C. The van der Waals surface area contributed by atoms with Gasteiger partial charge in [0.05, 0.1) is 17.8 Å². The van der Waals surface area contributed by atoms with Crippen molar-refractivity contribution in [3.63, 3.8) is 0 Å². The monoisotopic (exact) mass is 307 g/mol. The van der Waals surface area contributed by atoms with Gasteiger partial charge >= 0.3 is 0 Å². The first-order chi connectivity index (χ1) is 10.3. The third-order valence-electron chi connectivity index (χ3n) is 5.26. The van der Waals surface area contributed by atoms with E-state index >= 15 is 0 Å². The van der Waals surface area contributed by atoms with Gasteiger partial charge in [0, 0.05) is 38.4 Å². The standard InChI is InChI=1S/C16H29N5O/c1-7-17-14(18-11-12-8-9-19-21(12)5)20-13-10-16(4,22-6)15(13,2)3/h8-9,13H,7,10-11H2,1-6H3,(H2,17,18,20). The maximum absolute atomic E-state index is 5.68. The fraction of sp³-hybridized carbons (Fsp3) is 0.750. The Morgan fingerprint density at radius 2 is 2.23 bits per heavy atom. The maximum atomic E-state index is 5.68. The van der Waals surface area contributed by atoms with Crippen molar-refractivity contribution in [1.29, 1.82) is 0 Å². The fourth-order valence-electron chi connectivity index (χ4n) is 2.92. The Morgan fingerprint density at radius 3 is 2.73 bits per heavy atom. The van der Waals surface area contributed by atoms with E-state index in [1.54, 1.807) is 13.3 Å². The summed E-state index contributed by atoms with van der Waals surface area (Å²) in [5.74, 6) is 0.847. The average Bonchev–Trinajstić information content (AvgIpc) is 2.89. The minimum absolute atomic E-state index is 0.0600. The molecule has 2 rings (SSSR count). The van der Waals surface area contributed by atoms with Gasteiger partial charge in [0.25, 0.3) is 0 Å². The predicted octanol–water partition coefficient (Wildman–Crippen LogP) is 1.68. The molecule has 1 fully saturated rings. The van der Waals surface area contributed by atoms with Crippen molar-refractivity contribution in [2.45, 2.75) is 52.3 Å². The maximum Gasteiger partial charge on any atom is 0.191 e. The Bertz CT molecular complexity index is 536. The zero-order valence-electron chi connectivity index (χ0n) is 14.6. The Labute approximate surface area is 133 Å². The lowest BCUT2D eigenvalue weighted by molar-refractivity contribution is -0.176. The van der Waals surface area contributed by atoms with E-state index in [1.807, 2.05) is 17.8 Å². The van der Waals surface area contributed by atoms with Crippen LogP contribution < -0.4 is 10.6 Å². The Kier molecular flexibility index (Phi) is 4.80. The van der Waals surface area contributed by atoms with Gasteiger partial charge in [-0.1, -0.05) is 13.8 Å². The van der Waals surface area contributed by atoms with Crippen molar-refractivity contribution < 1.29 is 4.74 Å². The number of guanidine groups is 1. The fourth-order valence-corrected chi connectivity index (χ4v) is 2.92. The summed E-state index contributed by atoms with van der Waals surface area (Å²) in [6, 6.07) is 2.34. The predicted molar refractivity (Wildman–Crippen MR) is 88.8 cm³/mol. The molecule has 2 unspecified atom stereocenters. The molecule has 1 aliphatic rings. The minimum atomic E-state index is -0.0793. The smallest absolute Gasteiger partial charge is 0.191 e. The quantitative estimate of drug-likeness (QED) is 0.642. The summed E-state index contributed by atoms with van der Waals surface area (Å²) in [6.45, 7) is 10.2. The molecule has 22 heavy (non-hydrogen) atoms. The van der Waals surface area contributed by atoms with Crippen LogP contribution in [0.25, 0.3) is 0 Å². The third-order valence-corrected chi connectivity index (χ3v) is 5.26. The number of methoxy groups -OCH3 is 1. The lowest BCUT2D eigenvalue weighted by atomic mass is 9.56. The summed E-state index contributed by atoms with van der Waals surface area (Å²) in [4.78, 5) is 4.67. The second kappa shape index (κ2) is 6.28. The van der Waals surface area contributed by atoms with Gasteiger partial charge in [0.2, 0.25) is 0 Å². The second-order valence-corrected chi connectivity index (χ2v) is 6.70. The zero-order valence-corrected chi connectivity index (χ0v) is 14.6. The number of aliphatic imine (C=N–C) groups is 1. The molecule has 0 bridgehead atoms. The molecule has 2 N–H and O–H groups in total. The van der Waals surface area contributed by atoms with Gasteiger partial charge in [-0.05, 0) is 26.3 Å². The largest absolute Gasteiger partial charge is 0.378 e. The summed E-state index contributed by atoms with van der Waals surface area (Å²) in [6.07, 6.45) is 2.77. The van der Waals surface area contributed by atoms with Crippen LogP contribution in [0, 0.1) is 5.41 Å². The molecule has 1 aromatic rings. The second-order valence-electron chi connectivity index (χ2n) is 6.70. The molecule has 0 saturated heterocycles. The summed E-state index contributed by atoms with van der Waals surface area (Å²) in [5, 5.41) is 11.0. The zero-order chi connectivity index (χ0) is 16.4. The number of hydrogen-bond donors (Lipinski definition) is 2. The molecule has 0 aromatic carbocycles. The van der Waals surface area contributed by atoms with Crippen LogP contribution in [0.1, 0.15) is 39.8 Å². The van der Waals surface area contributed by atoms with E-state index in [-0.39, 0.29) is 11.0 Å². The third kappa shape index (κ3) is 2.97. The van der Waals surface area contributed by atoms with Gasteiger partial charge in [0.15, 0.2) is 5.96 Å². The minimum Gasteiger partial charge on any atom is -0.378 e. The molecule has 124 valence electrons. The highest BCUT2D eigenvalue weighted by atomic mass is 16.5. The molecule has 0 aliphatic heterocycles. The normalized spacial score (nSPS) is 27.4. The van der Waals surface area contributed by atoms with Gasteiger partial charge < -0.3 is 15.4 Å². The molecule has 0 radical (unpaired) electrons. The van der Waals surface area contributed by atoms with Crippen molar-refractivity contribution in [3.8, 4) is 0 Å². The van der Waals surface area contributed by atoms with Crippen LogP contribution in [0.3, 0.4) is 0 Å². The molecule has 1 heterocycles. The lowest BCUT2D eigenvalue weighted by Crippen LogP contribution is -2.69. The Morgan fingerprint density at radius 1 is 1.50 bits per heavy atom. The van der Waals surface area contributed by atoms with Crippen LogP contribution in [0.4, 0.5) is 0 Å². The van der Waals surface area contributed by atoms with Crippen molar-refractivity contribution in [2.24, 2.45) is 17.5 Å². The van der Waals surface area contributed by atoms with E-state index in [2.05, 4.69) is 48.4 Å². The van der Waals surface area contributed by atoms with Gasteiger partial charge in [0.1, 0.15) is 0 Å². The van der Waals surface area contributed by atoms with E-state index in [0.717, 1.165) is 24.6 Å². The van der Waals surface area contributed by atoms with Crippen molar-refractivity contribution >= 4 is 5.96 Å². The molecule has 2 atom stereocenters. The number of nitrogens with zero attached hydrogens (tertiary/aromatic N) is 3. The van der Waals surface area contributed by atoms with Gasteiger partial charge in [-0.15, -0.1) is 0 Å². The van der Waals surface area contributed by atoms with Gasteiger partial charge in [-0.25, -0.2) is 4.99 Å². The van der Waals surface area contributed by atoms with Crippen LogP contribution in [-0.4, -0.2) is 41.0 Å². The van der Waals surface area contributed by atoms with E-state index in [9.17, 15) is 0 Å². The topological polar surface area (TPSA) is 63.5 Å². The van der Waals surface area contributed by atoms with E-state index in [0.29, 0.717) is 12.6 Å². The van der Waals surface area contributed by atoms with Crippen molar-refractivity contribution in [3.05, 3.63) is 18.0 Å². The summed E-state index contributed by atoms with van der Waals surface area (Å²) >= 11 is 0. The van der Waals surface area contributed by atoms with E-state index in [4.69, 9.17) is 4.74 Å². The molecule has 6 heteroatoms. The molecule has 6 nitrogen and oxygen atoms in total. The number of aryl methyl sites for hydroxylation is 1. The first-order valence-electron chi connectivity index (χ1n) is 7.91. The van der Waals surface area contributed by atoms with Crippen molar-refractivity contribution in [2.75, 3.05) is 13.7 Å². The lowest BCUT2D eigenvalue weighted by Gasteiger charge is -2.59. The number of rotatable bonds is 5. The molecule has 1 saturated carbocycles. The van der Waals surface area contributed by atoms with Crippen LogP contribution in [-0.2, 0) is 18.3 Å².